The summed E-state index contributed by atoms with van der Waals surface area (Å²) >= 11 is 0. The molecule has 1 amide bonds. The average molecular weight is 444 g/mol. The minimum Gasteiger partial charge on any atom is -0.497 e. The van der Waals surface area contributed by atoms with Gasteiger partial charge >= 0.3 is 6.18 Å². The van der Waals surface area contributed by atoms with Crippen LogP contribution in [0.3, 0.4) is 0 Å². The zero-order valence-electron chi connectivity index (χ0n) is 16.8. The highest BCUT2D eigenvalue weighted by Gasteiger charge is 2.29. The van der Waals surface area contributed by atoms with Crippen LogP contribution in [0.15, 0.2) is 47.4 Å². The highest BCUT2D eigenvalue weighted by atomic mass is 32.2. The summed E-state index contributed by atoms with van der Waals surface area (Å²) in [6.45, 7) is 1.68. The maximum Gasteiger partial charge on any atom is 0.405 e. The normalized spacial score (nSPS) is 11.8. The molecular formula is C20H23F3N2O4S. The van der Waals surface area contributed by atoms with Gasteiger partial charge in [-0.2, -0.15) is 13.2 Å². The highest BCUT2D eigenvalue weighted by molar-refractivity contribution is 7.92. The summed E-state index contributed by atoms with van der Waals surface area (Å²) in [5, 5.41) is 1.75. The molecule has 0 aromatic heterocycles. The van der Waals surface area contributed by atoms with Gasteiger partial charge in [-0.05, 0) is 49.7 Å². The van der Waals surface area contributed by atoms with E-state index in [1.54, 1.807) is 36.5 Å². The third-order valence-electron chi connectivity index (χ3n) is 4.29. The minimum absolute atomic E-state index is 0.0552. The number of hydrogen-bond acceptors (Lipinski definition) is 4. The van der Waals surface area contributed by atoms with E-state index in [4.69, 9.17) is 4.74 Å². The summed E-state index contributed by atoms with van der Waals surface area (Å²) in [6.07, 6.45) is -4.98. The first-order chi connectivity index (χ1) is 13.9. The molecule has 0 saturated heterocycles. The standard InChI is InChI=1S/C20H23F3N2O4S/c1-14-4-9-18(15(2)12-14)30(27,28)25(16-5-7-17(29-3)8-6-16)11-10-19(26)24-13-20(21,22)23/h4-9,12H,10-11,13H2,1-3H3,(H,24,26). The molecule has 0 saturated carbocycles. The van der Waals surface area contributed by atoms with Gasteiger partial charge < -0.3 is 10.1 Å². The van der Waals surface area contributed by atoms with Crippen molar-refractivity contribution in [3.8, 4) is 5.75 Å². The summed E-state index contributed by atoms with van der Waals surface area (Å²) < 4.78 is 69.7. The lowest BCUT2D eigenvalue weighted by molar-refractivity contribution is -0.138. The van der Waals surface area contributed by atoms with Gasteiger partial charge in [0.25, 0.3) is 10.0 Å². The Morgan fingerprint density at radius 3 is 2.27 bits per heavy atom. The summed E-state index contributed by atoms with van der Waals surface area (Å²) in [7, 11) is -2.61. The Bertz CT molecular complexity index is 990. The minimum atomic E-state index is -4.55. The van der Waals surface area contributed by atoms with Crippen LogP contribution in [0.5, 0.6) is 5.75 Å². The third-order valence-corrected chi connectivity index (χ3v) is 6.27. The van der Waals surface area contributed by atoms with E-state index in [0.29, 0.717) is 11.3 Å². The van der Waals surface area contributed by atoms with Crippen molar-refractivity contribution in [2.75, 3.05) is 24.5 Å². The number of nitrogens with zero attached hydrogens (tertiary/aromatic N) is 1. The first-order valence-electron chi connectivity index (χ1n) is 9.01. The number of anilines is 1. The number of carbonyl (C=O) groups excluding carboxylic acids is 1. The highest BCUT2D eigenvalue weighted by Crippen LogP contribution is 2.28. The van der Waals surface area contributed by atoms with E-state index >= 15 is 0 Å². The summed E-state index contributed by atoms with van der Waals surface area (Å²) in [5.41, 5.74) is 1.67. The quantitative estimate of drug-likeness (QED) is 0.676. The molecule has 6 nitrogen and oxygen atoms in total. The van der Waals surface area contributed by atoms with Crippen molar-refractivity contribution in [2.24, 2.45) is 0 Å². The number of amides is 1. The number of ether oxygens (including phenoxy) is 1. The van der Waals surface area contributed by atoms with Crippen molar-refractivity contribution < 1.29 is 31.1 Å². The first-order valence-corrected chi connectivity index (χ1v) is 10.5. The molecule has 0 aliphatic heterocycles. The number of hydrogen-bond donors (Lipinski definition) is 1. The van der Waals surface area contributed by atoms with Gasteiger partial charge in [-0.3, -0.25) is 9.10 Å². The van der Waals surface area contributed by atoms with Crippen LogP contribution in [0.2, 0.25) is 0 Å². The molecule has 164 valence electrons. The number of benzene rings is 2. The summed E-state index contributed by atoms with van der Waals surface area (Å²) in [6, 6.07) is 11.0. The molecule has 0 unspecified atom stereocenters. The molecule has 0 aliphatic rings. The Labute approximate surface area is 173 Å². The van der Waals surface area contributed by atoms with Gasteiger partial charge in [0.2, 0.25) is 5.91 Å². The fraction of sp³-hybridized carbons (Fsp3) is 0.350. The van der Waals surface area contributed by atoms with Crippen LogP contribution in [0.1, 0.15) is 17.5 Å². The number of nitrogens with one attached hydrogen (secondary N) is 1. The van der Waals surface area contributed by atoms with E-state index < -0.39 is 35.1 Å². The van der Waals surface area contributed by atoms with Crippen LogP contribution in [0, 0.1) is 13.8 Å². The predicted octanol–water partition coefficient (Wildman–Crippen LogP) is 3.58. The van der Waals surface area contributed by atoms with Crippen LogP contribution in [0.25, 0.3) is 0 Å². The van der Waals surface area contributed by atoms with E-state index in [-0.39, 0.29) is 17.1 Å². The van der Waals surface area contributed by atoms with Crippen molar-refractivity contribution in [1.82, 2.24) is 5.32 Å². The molecular weight excluding hydrogens is 421 g/mol. The Kier molecular flexibility index (Phi) is 7.35. The lowest BCUT2D eigenvalue weighted by Crippen LogP contribution is -2.38. The van der Waals surface area contributed by atoms with Gasteiger partial charge in [0.15, 0.2) is 0 Å². The second kappa shape index (κ2) is 9.38. The second-order valence-electron chi connectivity index (χ2n) is 6.69. The first kappa shape index (κ1) is 23.5. The van der Waals surface area contributed by atoms with Crippen molar-refractivity contribution in [3.63, 3.8) is 0 Å². The summed E-state index contributed by atoms with van der Waals surface area (Å²) in [4.78, 5) is 11.9. The molecule has 0 atom stereocenters. The maximum atomic E-state index is 13.3. The van der Waals surface area contributed by atoms with Crippen molar-refractivity contribution in [1.29, 1.82) is 0 Å². The van der Waals surface area contributed by atoms with Gasteiger partial charge in [-0.25, -0.2) is 8.42 Å². The predicted molar refractivity (Wildman–Crippen MR) is 107 cm³/mol. The number of sulfonamides is 1. The molecule has 2 aromatic rings. The van der Waals surface area contributed by atoms with Crippen LogP contribution in [0.4, 0.5) is 18.9 Å². The molecule has 0 fully saturated rings. The Morgan fingerprint density at radius 2 is 1.73 bits per heavy atom. The number of alkyl halides is 3. The molecule has 0 aliphatic carbocycles. The molecule has 0 radical (unpaired) electrons. The second-order valence-corrected chi connectivity index (χ2v) is 8.52. The van der Waals surface area contributed by atoms with Crippen LogP contribution >= 0.6 is 0 Å². The molecule has 2 aromatic carbocycles. The fourth-order valence-electron chi connectivity index (χ4n) is 2.83. The van der Waals surface area contributed by atoms with Gasteiger partial charge in [0.1, 0.15) is 12.3 Å². The van der Waals surface area contributed by atoms with Crippen molar-refractivity contribution >= 4 is 21.6 Å². The number of aryl methyl sites for hydroxylation is 2. The molecule has 30 heavy (non-hydrogen) atoms. The van der Waals surface area contributed by atoms with Crippen LogP contribution < -0.4 is 14.4 Å². The lowest BCUT2D eigenvalue weighted by Gasteiger charge is -2.25. The molecule has 0 spiro atoms. The lowest BCUT2D eigenvalue weighted by atomic mass is 10.2. The van der Waals surface area contributed by atoms with E-state index in [1.807, 2.05) is 6.92 Å². The monoisotopic (exact) mass is 444 g/mol. The van der Waals surface area contributed by atoms with E-state index in [0.717, 1.165) is 9.87 Å². The topological polar surface area (TPSA) is 75.7 Å². The van der Waals surface area contributed by atoms with Gasteiger partial charge in [-0.15, -0.1) is 0 Å². The Morgan fingerprint density at radius 1 is 1.10 bits per heavy atom. The van der Waals surface area contributed by atoms with E-state index in [1.165, 1.54) is 25.3 Å². The van der Waals surface area contributed by atoms with Crippen LogP contribution in [-0.2, 0) is 14.8 Å². The smallest absolute Gasteiger partial charge is 0.405 e. The number of methoxy groups -OCH3 is 1. The number of carbonyl (C=O) groups is 1. The molecule has 2 rings (SSSR count). The molecule has 10 heteroatoms. The van der Waals surface area contributed by atoms with Gasteiger partial charge in [-0.1, -0.05) is 17.7 Å². The van der Waals surface area contributed by atoms with Crippen molar-refractivity contribution in [2.45, 2.75) is 31.3 Å². The van der Waals surface area contributed by atoms with Crippen LogP contribution in [-0.4, -0.2) is 40.7 Å². The zero-order chi connectivity index (χ0) is 22.5. The number of rotatable bonds is 8. The van der Waals surface area contributed by atoms with Crippen molar-refractivity contribution in [3.05, 3.63) is 53.6 Å². The maximum absolute atomic E-state index is 13.3. The number of halogens is 3. The molecule has 0 heterocycles. The average Bonchev–Trinajstić information content (AvgIpc) is 2.66. The molecule has 0 bridgehead atoms. The van der Waals surface area contributed by atoms with Gasteiger partial charge in [0, 0.05) is 13.0 Å². The largest absolute Gasteiger partial charge is 0.497 e. The van der Waals surface area contributed by atoms with Gasteiger partial charge in [0.05, 0.1) is 17.7 Å². The van der Waals surface area contributed by atoms with E-state index in [9.17, 15) is 26.4 Å². The Balaban J connectivity index is 2.34. The fourth-order valence-corrected chi connectivity index (χ4v) is 4.51. The van der Waals surface area contributed by atoms with E-state index in [2.05, 4.69) is 0 Å². The summed E-state index contributed by atoms with van der Waals surface area (Å²) in [5.74, 6) is -0.396. The molecule has 1 N–H and O–H groups in total. The third kappa shape index (κ3) is 6.12. The zero-order valence-corrected chi connectivity index (χ0v) is 17.6. The SMILES string of the molecule is COc1ccc(N(CCC(=O)NCC(F)(F)F)S(=O)(=O)c2ccc(C)cc2C)cc1. The Hall–Kier alpha value is -2.75.